The van der Waals surface area contributed by atoms with E-state index in [0.717, 1.165) is 36.8 Å². The van der Waals surface area contributed by atoms with E-state index in [1.165, 1.54) is 0 Å². The summed E-state index contributed by atoms with van der Waals surface area (Å²) in [5.74, 6) is -0.0333. The van der Waals surface area contributed by atoms with Gasteiger partial charge >= 0.3 is 6.09 Å². The largest absolute Gasteiger partial charge is 0.444 e. The molecule has 1 aliphatic carbocycles. The Hall–Kier alpha value is -2.57. The van der Waals surface area contributed by atoms with Gasteiger partial charge < -0.3 is 15.4 Å². The lowest BCUT2D eigenvalue weighted by molar-refractivity contribution is -0.133. The van der Waals surface area contributed by atoms with Crippen LogP contribution in [-0.2, 0) is 22.7 Å². The van der Waals surface area contributed by atoms with Crippen LogP contribution in [0.1, 0.15) is 43.7 Å². The summed E-state index contributed by atoms with van der Waals surface area (Å²) in [6.45, 7) is 2.09. The first-order valence-corrected chi connectivity index (χ1v) is 10.6. The minimum atomic E-state index is -0.551. The number of benzene rings is 2. The average Bonchev–Trinajstić information content (AvgIpc) is 2.74. The van der Waals surface area contributed by atoms with Gasteiger partial charge in [0.1, 0.15) is 6.61 Å². The minimum absolute atomic E-state index is 0.000213. The first-order valence-electron chi connectivity index (χ1n) is 10.2. The fraction of sp³-hybridized carbons (Fsp3) is 0.391. The van der Waals surface area contributed by atoms with Crippen molar-refractivity contribution in [3.8, 4) is 0 Å². The zero-order chi connectivity index (χ0) is 21.5. The number of nitrogens with zero attached hydrogens (tertiary/aromatic N) is 1. The summed E-state index contributed by atoms with van der Waals surface area (Å²) < 4.78 is 5.27. The smallest absolute Gasteiger partial charge is 0.411 e. The molecule has 2 unspecified atom stereocenters. The summed E-state index contributed by atoms with van der Waals surface area (Å²) in [7, 11) is 0. The van der Waals surface area contributed by atoms with E-state index in [4.69, 9.17) is 22.1 Å². The third-order valence-electron chi connectivity index (χ3n) is 5.43. The lowest BCUT2D eigenvalue weighted by Crippen LogP contribution is -2.51. The molecule has 0 aliphatic heterocycles. The number of ether oxygens (including phenoxy) is 1. The Labute approximate surface area is 182 Å². The summed E-state index contributed by atoms with van der Waals surface area (Å²) in [5, 5.41) is 3.26. The summed E-state index contributed by atoms with van der Waals surface area (Å²) in [4.78, 5) is 26.3. The van der Waals surface area contributed by atoms with Gasteiger partial charge in [-0.2, -0.15) is 0 Å². The van der Waals surface area contributed by atoms with Crippen LogP contribution in [0.4, 0.5) is 10.5 Å². The molecule has 0 spiro atoms. The minimum Gasteiger partial charge on any atom is -0.444 e. The van der Waals surface area contributed by atoms with Gasteiger partial charge in [-0.25, -0.2) is 4.79 Å². The Morgan fingerprint density at radius 2 is 1.90 bits per heavy atom. The number of hydrogen-bond donors (Lipinski definition) is 2. The van der Waals surface area contributed by atoms with Crippen LogP contribution in [-0.4, -0.2) is 29.0 Å². The molecule has 2 aromatic rings. The van der Waals surface area contributed by atoms with Crippen LogP contribution in [0.5, 0.6) is 0 Å². The molecule has 160 valence electrons. The van der Waals surface area contributed by atoms with E-state index >= 15 is 0 Å². The number of nitrogens with one attached hydrogen (secondary N) is 1. The molecule has 3 rings (SSSR count). The zero-order valence-electron chi connectivity index (χ0n) is 17.1. The molecule has 2 amide bonds. The number of carbonyl (C=O) groups is 2. The normalized spacial score (nSPS) is 18.5. The highest BCUT2D eigenvalue weighted by Crippen LogP contribution is 2.27. The highest BCUT2D eigenvalue weighted by atomic mass is 35.5. The first-order chi connectivity index (χ1) is 14.4. The van der Waals surface area contributed by atoms with E-state index in [0.29, 0.717) is 17.3 Å². The standard InChI is InChI=1S/C23H28ClN3O3/c1-16(28)27(22-10-6-5-9-21(22)25)14-18-13-19(11-12-20(18)24)26-23(29)30-15-17-7-3-2-4-8-17/h2-4,7-8,11-13,21-22H,5-6,9-10,14-15,25H2,1H3,(H,26,29). The molecule has 7 heteroatoms. The Balaban J connectivity index is 1.66. The van der Waals surface area contributed by atoms with Crippen molar-refractivity contribution in [3.63, 3.8) is 0 Å². The van der Waals surface area contributed by atoms with Crippen LogP contribution in [0.15, 0.2) is 48.5 Å². The second-order valence-corrected chi connectivity index (χ2v) is 8.06. The molecule has 0 saturated heterocycles. The molecule has 2 atom stereocenters. The molecule has 0 bridgehead atoms. The van der Waals surface area contributed by atoms with Crippen molar-refractivity contribution in [2.24, 2.45) is 5.73 Å². The van der Waals surface area contributed by atoms with Crippen molar-refractivity contribution in [3.05, 3.63) is 64.7 Å². The van der Waals surface area contributed by atoms with Gasteiger partial charge in [0.05, 0.1) is 0 Å². The second-order valence-electron chi connectivity index (χ2n) is 7.66. The fourth-order valence-electron chi connectivity index (χ4n) is 3.82. The van der Waals surface area contributed by atoms with E-state index < -0.39 is 6.09 Å². The molecule has 3 N–H and O–H groups in total. The van der Waals surface area contributed by atoms with Crippen LogP contribution >= 0.6 is 11.6 Å². The van der Waals surface area contributed by atoms with Crippen LogP contribution in [0.2, 0.25) is 5.02 Å². The Kier molecular flexibility index (Phi) is 7.71. The van der Waals surface area contributed by atoms with Gasteiger partial charge in [-0.15, -0.1) is 0 Å². The number of halogens is 1. The third kappa shape index (κ3) is 5.97. The molecule has 0 radical (unpaired) electrons. The Morgan fingerprint density at radius 3 is 2.60 bits per heavy atom. The van der Waals surface area contributed by atoms with E-state index in [1.54, 1.807) is 30.0 Å². The molecular weight excluding hydrogens is 402 g/mol. The lowest BCUT2D eigenvalue weighted by Gasteiger charge is -2.38. The summed E-state index contributed by atoms with van der Waals surface area (Å²) in [6, 6.07) is 14.6. The van der Waals surface area contributed by atoms with Crippen molar-refractivity contribution in [1.82, 2.24) is 4.90 Å². The van der Waals surface area contributed by atoms with E-state index in [1.807, 2.05) is 30.3 Å². The monoisotopic (exact) mass is 429 g/mol. The van der Waals surface area contributed by atoms with Crippen molar-refractivity contribution >= 4 is 29.3 Å². The molecule has 1 aliphatic rings. The second kappa shape index (κ2) is 10.5. The number of nitrogens with two attached hydrogens (primary N) is 1. The van der Waals surface area contributed by atoms with E-state index in [-0.39, 0.29) is 24.6 Å². The first kappa shape index (κ1) is 22.1. The number of anilines is 1. The van der Waals surface area contributed by atoms with Gasteiger partial charge in [0.25, 0.3) is 0 Å². The number of rotatable bonds is 6. The number of amides is 2. The number of hydrogen-bond acceptors (Lipinski definition) is 4. The maximum Gasteiger partial charge on any atom is 0.411 e. The Morgan fingerprint density at radius 1 is 1.17 bits per heavy atom. The number of carbonyl (C=O) groups excluding carboxylic acids is 2. The van der Waals surface area contributed by atoms with Crippen molar-refractivity contribution in [2.75, 3.05) is 5.32 Å². The lowest BCUT2D eigenvalue weighted by atomic mass is 9.89. The molecule has 6 nitrogen and oxygen atoms in total. The maximum absolute atomic E-state index is 12.3. The van der Waals surface area contributed by atoms with Gasteiger partial charge in [0, 0.05) is 36.3 Å². The van der Waals surface area contributed by atoms with E-state index in [2.05, 4.69) is 5.32 Å². The van der Waals surface area contributed by atoms with Crippen LogP contribution in [0.3, 0.4) is 0 Å². The predicted molar refractivity (Wildman–Crippen MR) is 118 cm³/mol. The summed E-state index contributed by atoms with van der Waals surface area (Å²) in [5.41, 5.74) is 8.51. The van der Waals surface area contributed by atoms with Crippen LogP contribution in [0.25, 0.3) is 0 Å². The molecule has 1 fully saturated rings. The molecule has 30 heavy (non-hydrogen) atoms. The zero-order valence-corrected chi connectivity index (χ0v) is 17.9. The molecule has 0 heterocycles. The topological polar surface area (TPSA) is 84.7 Å². The van der Waals surface area contributed by atoms with Gasteiger partial charge in [-0.05, 0) is 42.2 Å². The molecule has 0 aromatic heterocycles. The highest BCUT2D eigenvalue weighted by Gasteiger charge is 2.29. The maximum atomic E-state index is 12.3. The highest BCUT2D eigenvalue weighted by molar-refractivity contribution is 6.31. The van der Waals surface area contributed by atoms with Gasteiger partial charge in [0.15, 0.2) is 0 Å². The van der Waals surface area contributed by atoms with Crippen LogP contribution < -0.4 is 11.1 Å². The summed E-state index contributed by atoms with van der Waals surface area (Å²) >= 11 is 6.38. The van der Waals surface area contributed by atoms with Gasteiger partial charge in [0.2, 0.25) is 5.91 Å². The average molecular weight is 430 g/mol. The molecule has 2 aromatic carbocycles. The van der Waals surface area contributed by atoms with Crippen molar-refractivity contribution < 1.29 is 14.3 Å². The van der Waals surface area contributed by atoms with Gasteiger partial charge in [-0.3, -0.25) is 10.1 Å². The summed E-state index contributed by atoms with van der Waals surface area (Å²) in [6.07, 6.45) is 3.41. The quantitative estimate of drug-likeness (QED) is 0.696. The van der Waals surface area contributed by atoms with Crippen LogP contribution in [0, 0.1) is 0 Å². The fourth-order valence-corrected chi connectivity index (χ4v) is 4.00. The molecule has 1 saturated carbocycles. The SMILES string of the molecule is CC(=O)N(Cc1cc(NC(=O)OCc2ccccc2)ccc1Cl)C1CCCCC1N. The van der Waals surface area contributed by atoms with Crippen molar-refractivity contribution in [1.29, 1.82) is 0 Å². The predicted octanol–water partition coefficient (Wildman–Crippen LogP) is 4.71. The third-order valence-corrected chi connectivity index (χ3v) is 5.80. The van der Waals surface area contributed by atoms with Crippen molar-refractivity contribution in [2.45, 2.75) is 57.8 Å². The van der Waals surface area contributed by atoms with Gasteiger partial charge in [-0.1, -0.05) is 54.8 Å². The Bertz CT molecular complexity index is 875. The molecular formula is C23H28ClN3O3. The van der Waals surface area contributed by atoms with E-state index in [9.17, 15) is 9.59 Å².